The molecule has 2 rings (SSSR count). The second-order valence-electron chi connectivity index (χ2n) is 4.99. The summed E-state index contributed by atoms with van der Waals surface area (Å²) in [6.07, 6.45) is 3.38. The summed E-state index contributed by atoms with van der Waals surface area (Å²) in [5, 5.41) is 9.39. The standard InChI is InChI=1S/C15H21NO2/c1-2-12-5-7-13(8-6-12)14(15(17)18)11-16-9-3-4-10-16/h5-8,14H,2-4,9-11H2,1H3,(H,17,18). The van der Waals surface area contributed by atoms with Crippen molar-refractivity contribution in [1.82, 2.24) is 4.90 Å². The molecular formula is C15H21NO2. The van der Waals surface area contributed by atoms with E-state index in [-0.39, 0.29) is 0 Å². The molecule has 18 heavy (non-hydrogen) atoms. The zero-order chi connectivity index (χ0) is 13.0. The van der Waals surface area contributed by atoms with E-state index in [2.05, 4.69) is 11.8 Å². The first kappa shape index (κ1) is 13.1. The fourth-order valence-electron chi connectivity index (χ4n) is 2.54. The second-order valence-corrected chi connectivity index (χ2v) is 4.99. The van der Waals surface area contributed by atoms with Crippen LogP contribution in [0.25, 0.3) is 0 Å². The number of carbonyl (C=O) groups is 1. The molecule has 1 aromatic carbocycles. The van der Waals surface area contributed by atoms with Gasteiger partial charge in [-0.3, -0.25) is 4.79 Å². The molecule has 1 aliphatic heterocycles. The summed E-state index contributed by atoms with van der Waals surface area (Å²) in [7, 11) is 0. The minimum absolute atomic E-state index is 0.394. The van der Waals surface area contributed by atoms with Crippen LogP contribution in [0.15, 0.2) is 24.3 Å². The van der Waals surface area contributed by atoms with Crippen LogP contribution < -0.4 is 0 Å². The van der Waals surface area contributed by atoms with Gasteiger partial charge in [0, 0.05) is 6.54 Å². The topological polar surface area (TPSA) is 40.5 Å². The minimum Gasteiger partial charge on any atom is -0.481 e. The van der Waals surface area contributed by atoms with Crippen LogP contribution in [0.3, 0.4) is 0 Å². The third kappa shape index (κ3) is 3.10. The lowest BCUT2D eigenvalue weighted by Crippen LogP contribution is -2.29. The summed E-state index contributed by atoms with van der Waals surface area (Å²) in [6.45, 7) is 4.82. The van der Waals surface area contributed by atoms with Crippen molar-refractivity contribution < 1.29 is 9.90 Å². The monoisotopic (exact) mass is 247 g/mol. The first-order valence-corrected chi connectivity index (χ1v) is 6.74. The minimum atomic E-state index is -0.717. The van der Waals surface area contributed by atoms with Gasteiger partial charge >= 0.3 is 5.97 Å². The van der Waals surface area contributed by atoms with Gasteiger partial charge in [0.05, 0.1) is 5.92 Å². The molecule has 3 nitrogen and oxygen atoms in total. The number of likely N-dealkylation sites (tertiary alicyclic amines) is 1. The van der Waals surface area contributed by atoms with Crippen molar-refractivity contribution in [3.05, 3.63) is 35.4 Å². The van der Waals surface area contributed by atoms with Crippen molar-refractivity contribution in [3.63, 3.8) is 0 Å². The number of nitrogens with zero attached hydrogens (tertiary/aromatic N) is 1. The normalized spacial score (nSPS) is 17.8. The van der Waals surface area contributed by atoms with Gasteiger partial charge in [-0.1, -0.05) is 31.2 Å². The van der Waals surface area contributed by atoms with Crippen molar-refractivity contribution in [2.45, 2.75) is 32.1 Å². The molecule has 0 saturated carbocycles. The molecule has 1 aromatic rings. The highest BCUT2D eigenvalue weighted by Gasteiger charge is 2.24. The molecule has 1 heterocycles. The van der Waals surface area contributed by atoms with E-state index in [0.29, 0.717) is 6.54 Å². The number of hydrogen-bond donors (Lipinski definition) is 1. The lowest BCUT2D eigenvalue weighted by molar-refractivity contribution is -0.139. The first-order valence-electron chi connectivity index (χ1n) is 6.74. The average Bonchev–Trinajstić information content (AvgIpc) is 2.89. The molecule has 98 valence electrons. The number of aryl methyl sites for hydroxylation is 1. The Morgan fingerprint density at radius 1 is 1.28 bits per heavy atom. The van der Waals surface area contributed by atoms with E-state index in [1.807, 2.05) is 24.3 Å². The van der Waals surface area contributed by atoms with Crippen LogP contribution in [0.5, 0.6) is 0 Å². The van der Waals surface area contributed by atoms with Crippen LogP contribution in [-0.2, 0) is 11.2 Å². The Hall–Kier alpha value is -1.35. The van der Waals surface area contributed by atoms with Crippen molar-refractivity contribution >= 4 is 5.97 Å². The molecule has 1 fully saturated rings. The Kier molecular flexibility index (Phi) is 4.37. The van der Waals surface area contributed by atoms with Gasteiger partial charge in [-0.15, -0.1) is 0 Å². The maximum absolute atomic E-state index is 11.4. The number of aliphatic carboxylic acids is 1. The summed E-state index contributed by atoms with van der Waals surface area (Å²) >= 11 is 0. The maximum atomic E-state index is 11.4. The predicted octanol–water partition coefficient (Wildman–Crippen LogP) is 2.51. The van der Waals surface area contributed by atoms with Crippen LogP contribution in [0.1, 0.15) is 36.8 Å². The van der Waals surface area contributed by atoms with Gasteiger partial charge in [-0.05, 0) is 43.5 Å². The Morgan fingerprint density at radius 3 is 2.39 bits per heavy atom. The number of carboxylic acid groups (broad SMARTS) is 1. The van der Waals surface area contributed by atoms with Gasteiger partial charge in [0.25, 0.3) is 0 Å². The largest absolute Gasteiger partial charge is 0.481 e. The number of carboxylic acids is 1. The summed E-state index contributed by atoms with van der Waals surface area (Å²) in [5.74, 6) is -1.11. The first-order chi connectivity index (χ1) is 8.70. The van der Waals surface area contributed by atoms with Gasteiger partial charge in [-0.2, -0.15) is 0 Å². The van der Waals surface area contributed by atoms with E-state index < -0.39 is 11.9 Å². The third-order valence-electron chi connectivity index (χ3n) is 3.73. The maximum Gasteiger partial charge on any atom is 0.312 e. The van der Waals surface area contributed by atoms with E-state index in [9.17, 15) is 9.90 Å². The van der Waals surface area contributed by atoms with Crippen LogP contribution in [-0.4, -0.2) is 35.6 Å². The molecule has 1 saturated heterocycles. The molecule has 1 aliphatic rings. The highest BCUT2D eigenvalue weighted by atomic mass is 16.4. The highest BCUT2D eigenvalue weighted by Crippen LogP contribution is 2.21. The lowest BCUT2D eigenvalue weighted by Gasteiger charge is -2.20. The van der Waals surface area contributed by atoms with E-state index in [4.69, 9.17) is 0 Å². The molecule has 0 spiro atoms. The van der Waals surface area contributed by atoms with Gasteiger partial charge in [-0.25, -0.2) is 0 Å². The van der Waals surface area contributed by atoms with E-state index >= 15 is 0 Å². The Bertz CT molecular complexity index is 393. The quantitative estimate of drug-likeness (QED) is 0.869. The fraction of sp³-hybridized carbons (Fsp3) is 0.533. The van der Waals surface area contributed by atoms with E-state index in [1.165, 1.54) is 18.4 Å². The van der Waals surface area contributed by atoms with Gasteiger partial charge in [0.1, 0.15) is 0 Å². The lowest BCUT2D eigenvalue weighted by atomic mass is 9.97. The number of benzene rings is 1. The molecule has 0 radical (unpaired) electrons. The van der Waals surface area contributed by atoms with Crippen LogP contribution in [0.4, 0.5) is 0 Å². The molecular weight excluding hydrogens is 226 g/mol. The predicted molar refractivity (Wildman–Crippen MR) is 71.9 cm³/mol. The van der Waals surface area contributed by atoms with E-state index in [0.717, 1.165) is 25.1 Å². The molecule has 0 amide bonds. The van der Waals surface area contributed by atoms with Crippen LogP contribution in [0.2, 0.25) is 0 Å². The number of hydrogen-bond acceptors (Lipinski definition) is 2. The molecule has 1 unspecified atom stereocenters. The molecule has 0 bridgehead atoms. The summed E-state index contributed by atoms with van der Waals surface area (Å²) < 4.78 is 0. The van der Waals surface area contributed by atoms with Crippen molar-refractivity contribution in [2.24, 2.45) is 0 Å². The zero-order valence-corrected chi connectivity index (χ0v) is 10.9. The summed E-state index contributed by atoms with van der Waals surface area (Å²) in [4.78, 5) is 13.7. The second kappa shape index (κ2) is 6.01. The summed E-state index contributed by atoms with van der Waals surface area (Å²) in [6, 6.07) is 8.01. The average molecular weight is 247 g/mol. The number of rotatable bonds is 5. The Balaban J connectivity index is 2.10. The van der Waals surface area contributed by atoms with Gasteiger partial charge in [0.15, 0.2) is 0 Å². The summed E-state index contributed by atoms with van der Waals surface area (Å²) in [5.41, 5.74) is 2.18. The molecule has 0 aromatic heterocycles. The Morgan fingerprint density at radius 2 is 1.89 bits per heavy atom. The van der Waals surface area contributed by atoms with Gasteiger partial charge in [0.2, 0.25) is 0 Å². The SMILES string of the molecule is CCc1ccc(C(CN2CCCC2)C(=O)O)cc1. The molecule has 1 N–H and O–H groups in total. The zero-order valence-electron chi connectivity index (χ0n) is 10.9. The fourth-order valence-corrected chi connectivity index (χ4v) is 2.54. The molecule has 0 aliphatic carbocycles. The Labute approximate surface area is 108 Å². The van der Waals surface area contributed by atoms with Crippen molar-refractivity contribution in [2.75, 3.05) is 19.6 Å². The van der Waals surface area contributed by atoms with Crippen molar-refractivity contribution in [3.8, 4) is 0 Å². The molecule has 1 atom stereocenters. The van der Waals surface area contributed by atoms with E-state index in [1.54, 1.807) is 0 Å². The van der Waals surface area contributed by atoms with Crippen LogP contribution >= 0.6 is 0 Å². The van der Waals surface area contributed by atoms with Crippen molar-refractivity contribution in [1.29, 1.82) is 0 Å². The molecule has 3 heteroatoms. The smallest absolute Gasteiger partial charge is 0.312 e. The van der Waals surface area contributed by atoms with Crippen LogP contribution in [0, 0.1) is 0 Å². The van der Waals surface area contributed by atoms with Gasteiger partial charge < -0.3 is 10.0 Å². The highest BCUT2D eigenvalue weighted by molar-refractivity contribution is 5.76. The third-order valence-corrected chi connectivity index (χ3v) is 3.73.